The highest BCUT2D eigenvalue weighted by atomic mass is 79.9. The number of amides is 1. The van der Waals surface area contributed by atoms with Crippen LogP contribution in [-0.4, -0.2) is 29.2 Å². The second-order valence-corrected chi connectivity index (χ2v) is 6.43. The second kappa shape index (κ2) is 7.57. The molecule has 0 radical (unpaired) electrons. The number of nitrogens with zero attached hydrogens (tertiary/aromatic N) is 1. The van der Waals surface area contributed by atoms with E-state index >= 15 is 0 Å². The molecule has 3 heteroatoms. The van der Waals surface area contributed by atoms with Crippen molar-refractivity contribution < 1.29 is 4.79 Å². The van der Waals surface area contributed by atoms with Gasteiger partial charge in [-0.15, -0.1) is 0 Å². The van der Waals surface area contributed by atoms with Crippen molar-refractivity contribution in [1.29, 1.82) is 0 Å². The summed E-state index contributed by atoms with van der Waals surface area (Å²) >= 11 is 3.50. The van der Waals surface area contributed by atoms with Gasteiger partial charge in [-0.3, -0.25) is 4.79 Å². The van der Waals surface area contributed by atoms with E-state index in [4.69, 9.17) is 0 Å². The number of aryl methyl sites for hydroxylation is 2. The molecule has 0 saturated carbocycles. The first-order valence-corrected chi connectivity index (χ1v) is 7.34. The zero-order chi connectivity index (χ0) is 13.5. The number of benzene rings is 1. The first kappa shape index (κ1) is 15.2. The van der Waals surface area contributed by atoms with Crippen molar-refractivity contribution in [2.75, 3.05) is 13.6 Å². The lowest BCUT2D eigenvalue weighted by molar-refractivity contribution is -0.129. The molecule has 0 N–H and O–H groups in total. The molecule has 2 nitrogen and oxygen atoms in total. The van der Waals surface area contributed by atoms with Gasteiger partial charge in [0.05, 0.1) is 0 Å². The molecule has 0 saturated heterocycles. The van der Waals surface area contributed by atoms with Crippen molar-refractivity contribution in [3.8, 4) is 0 Å². The molecule has 0 spiro atoms. The van der Waals surface area contributed by atoms with Crippen LogP contribution in [0.1, 0.15) is 30.9 Å². The highest BCUT2D eigenvalue weighted by Crippen LogP contribution is 2.08. The van der Waals surface area contributed by atoms with Crippen molar-refractivity contribution >= 4 is 21.8 Å². The molecule has 1 atom stereocenters. The fourth-order valence-electron chi connectivity index (χ4n) is 1.69. The van der Waals surface area contributed by atoms with E-state index in [2.05, 4.69) is 54.0 Å². The molecule has 0 aliphatic carbocycles. The Morgan fingerprint density at radius 3 is 2.50 bits per heavy atom. The van der Waals surface area contributed by atoms with E-state index in [0.29, 0.717) is 11.2 Å². The van der Waals surface area contributed by atoms with E-state index in [1.807, 2.05) is 11.9 Å². The van der Waals surface area contributed by atoms with Crippen molar-refractivity contribution in [2.24, 2.45) is 0 Å². The standard InChI is InChI=1S/C15H22BrNO/c1-12-4-6-14(7-5-12)8-9-15(18)17(3)11-10-13(2)16/h4-7,13H,8-11H2,1-3H3. The normalized spacial score (nSPS) is 12.2. The van der Waals surface area contributed by atoms with Crippen molar-refractivity contribution in [2.45, 2.75) is 37.9 Å². The summed E-state index contributed by atoms with van der Waals surface area (Å²) < 4.78 is 0. The summed E-state index contributed by atoms with van der Waals surface area (Å²) in [6.45, 7) is 4.99. The zero-order valence-electron chi connectivity index (χ0n) is 11.4. The fourth-order valence-corrected chi connectivity index (χ4v) is 1.90. The van der Waals surface area contributed by atoms with Gasteiger partial charge in [-0.1, -0.05) is 52.7 Å². The van der Waals surface area contributed by atoms with Crippen LogP contribution in [0.15, 0.2) is 24.3 Å². The van der Waals surface area contributed by atoms with Gasteiger partial charge < -0.3 is 4.90 Å². The molecule has 1 aromatic rings. The van der Waals surface area contributed by atoms with Crippen LogP contribution in [0, 0.1) is 6.92 Å². The van der Waals surface area contributed by atoms with E-state index in [1.54, 1.807) is 0 Å². The number of rotatable bonds is 6. The Balaban J connectivity index is 2.34. The molecule has 1 unspecified atom stereocenters. The minimum Gasteiger partial charge on any atom is -0.346 e. The summed E-state index contributed by atoms with van der Waals surface area (Å²) in [6, 6.07) is 8.39. The Labute approximate surface area is 119 Å². The lowest BCUT2D eigenvalue weighted by atomic mass is 10.1. The maximum Gasteiger partial charge on any atom is 0.222 e. The molecule has 0 aliphatic heterocycles. The van der Waals surface area contributed by atoms with Crippen LogP contribution < -0.4 is 0 Å². The minimum atomic E-state index is 0.226. The summed E-state index contributed by atoms with van der Waals surface area (Å²) in [7, 11) is 1.88. The lowest BCUT2D eigenvalue weighted by Gasteiger charge is -2.17. The Kier molecular flexibility index (Phi) is 6.41. The third-order valence-electron chi connectivity index (χ3n) is 3.04. The molecular weight excluding hydrogens is 290 g/mol. The topological polar surface area (TPSA) is 20.3 Å². The maximum absolute atomic E-state index is 11.9. The molecule has 0 aromatic heterocycles. The van der Waals surface area contributed by atoms with Crippen LogP contribution in [0.3, 0.4) is 0 Å². The molecule has 0 heterocycles. The molecule has 100 valence electrons. The maximum atomic E-state index is 11.9. The van der Waals surface area contributed by atoms with E-state index in [0.717, 1.165) is 19.4 Å². The predicted molar refractivity (Wildman–Crippen MR) is 80.1 cm³/mol. The van der Waals surface area contributed by atoms with Crippen LogP contribution in [0.5, 0.6) is 0 Å². The second-order valence-electron chi connectivity index (χ2n) is 4.87. The molecule has 0 aliphatic rings. The number of hydrogen-bond donors (Lipinski definition) is 0. The van der Waals surface area contributed by atoms with Gasteiger partial charge >= 0.3 is 0 Å². The average molecular weight is 312 g/mol. The Morgan fingerprint density at radius 1 is 1.33 bits per heavy atom. The highest BCUT2D eigenvalue weighted by Gasteiger charge is 2.09. The van der Waals surface area contributed by atoms with Gasteiger partial charge in [0.25, 0.3) is 0 Å². The number of hydrogen-bond acceptors (Lipinski definition) is 1. The minimum absolute atomic E-state index is 0.226. The van der Waals surface area contributed by atoms with Crippen LogP contribution in [0.4, 0.5) is 0 Å². The molecule has 0 fully saturated rings. The van der Waals surface area contributed by atoms with Crippen molar-refractivity contribution in [3.63, 3.8) is 0 Å². The van der Waals surface area contributed by atoms with Gasteiger partial charge in [-0.05, 0) is 25.3 Å². The number of carbonyl (C=O) groups excluding carboxylic acids is 1. The Morgan fingerprint density at radius 2 is 1.94 bits per heavy atom. The van der Waals surface area contributed by atoms with Gasteiger partial charge in [0.15, 0.2) is 0 Å². The van der Waals surface area contributed by atoms with E-state index < -0.39 is 0 Å². The first-order valence-electron chi connectivity index (χ1n) is 6.42. The van der Waals surface area contributed by atoms with Crippen molar-refractivity contribution in [1.82, 2.24) is 4.90 Å². The van der Waals surface area contributed by atoms with Gasteiger partial charge in [0.1, 0.15) is 0 Å². The first-order chi connectivity index (χ1) is 8.49. The molecular formula is C15H22BrNO. The summed E-state index contributed by atoms with van der Waals surface area (Å²) in [5.41, 5.74) is 2.49. The summed E-state index contributed by atoms with van der Waals surface area (Å²) in [5, 5.41) is 0. The number of alkyl halides is 1. The Hall–Kier alpha value is -0.830. The quantitative estimate of drug-likeness (QED) is 0.736. The molecule has 0 bridgehead atoms. The zero-order valence-corrected chi connectivity index (χ0v) is 13.0. The largest absolute Gasteiger partial charge is 0.346 e. The molecule has 1 rings (SSSR count). The fraction of sp³-hybridized carbons (Fsp3) is 0.533. The summed E-state index contributed by atoms with van der Waals surface area (Å²) in [5.74, 6) is 0.226. The molecule has 1 aromatic carbocycles. The van der Waals surface area contributed by atoms with E-state index in [9.17, 15) is 4.79 Å². The van der Waals surface area contributed by atoms with Gasteiger partial charge in [0, 0.05) is 24.8 Å². The molecule has 1 amide bonds. The van der Waals surface area contributed by atoms with Gasteiger partial charge in [0.2, 0.25) is 5.91 Å². The number of halogens is 1. The lowest BCUT2D eigenvalue weighted by Crippen LogP contribution is -2.28. The summed E-state index contributed by atoms with van der Waals surface area (Å²) in [6.07, 6.45) is 2.41. The Bertz CT molecular complexity index is 373. The number of carbonyl (C=O) groups is 1. The average Bonchev–Trinajstić information content (AvgIpc) is 2.34. The third-order valence-corrected chi connectivity index (χ3v) is 3.49. The van der Waals surface area contributed by atoms with Crippen LogP contribution in [0.25, 0.3) is 0 Å². The van der Waals surface area contributed by atoms with Crippen LogP contribution >= 0.6 is 15.9 Å². The van der Waals surface area contributed by atoms with Gasteiger partial charge in [-0.25, -0.2) is 0 Å². The monoisotopic (exact) mass is 311 g/mol. The highest BCUT2D eigenvalue weighted by molar-refractivity contribution is 9.09. The SMILES string of the molecule is Cc1ccc(CCC(=O)N(C)CCC(C)Br)cc1. The van der Waals surface area contributed by atoms with Gasteiger partial charge in [-0.2, -0.15) is 0 Å². The van der Waals surface area contributed by atoms with Crippen molar-refractivity contribution in [3.05, 3.63) is 35.4 Å². The van der Waals surface area contributed by atoms with Crippen LogP contribution in [0.2, 0.25) is 0 Å². The predicted octanol–water partition coefficient (Wildman–Crippen LogP) is 3.56. The van der Waals surface area contributed by atoms with Crippen LogP contribution in [-0.2, 0) is 11.2 Å². The smallest absolute Gasteiger partial charge is 0.222 e. The summed E-state index contributed by atoms with van der Waals surface area (Å²) in [4.78, 5) is 14.2. The van der Waals surface area contributed by atoms with E-state index in [1.165, 1.54) is 11.1 Å². The molecule has 18 heavy (non-hydrogen) atoms. The van der Waals surface area contributed by atoms with E-state index in [-0.39, 0.29) is 5.91 Å². The third kappa shape index (κ3) is 5.67.